The van der Waals surface area contributed by atoms with Crippen LogP contribution in [-0.4, -0.2) is 43.5 Å². The monoisotopic (exact) mass is 185 g/mol. The van der Waals surface area contributed by atoms with Gasteiger partial charge < -0.3 is 16.0 Å². The van der Waals surface area contributed by atoms with Gasteiger partial charge in [-0.25, -0.2) is 0 Å². The van der Waals surface area contributed by atoms with Crippen LogP contribution in [-0.2, 0) is 4.79 Å². The van der Waals surface area contributed by atoms with Gasteiger partial charge >= 0.3 is 0 Å². The average molecular weight is 185 g/mol. The fourth-order valence-electron chi connectivity index (χ4n) is 1.55. The summed E-state index contributed by atoms with van der Waals surface area (Å²) in [4.78, 5) is 13.3. The lowest BCUT2D eigenvalue weighted by atomic mass is 10.0. The van der Waals surface area contributed by atoms with Gasteiger partial charge in [0.15, 0.2) is 0 Å². The Morgan fingerprint density at radius 1 is 1.62 bits per heavy atom. The molecule has 1 aliphatic heterocycles. The standard InChI is InChI=1S/C9H19N3O/c1-2-11-9(13)3-4-12-6-8(5-10)7-12/h8H,2-7,10H2,1H3,(H,11,13). The van der Waals surface area contributed by atoms with Crippen LogP contribution in [0.3, 0.4) is 0 Å². The number of carbonyl (C=O) groups excluding carboxylic acids is 1. The molecule has 0 unspecified atom stereocenters. The lowest BCUT2D eigenvalue weighted by Gasteiger charge is -2.38. The number of rotatable bonds is 5. The Bertz CT molecular complexity index is 166. The molecule has 0 radical (unpaired) electrons. The van der Waals surface area contributed by atoms with Gasteiger partial charge in [0.05, 0.1) is 0 Å². The Balaban J connectivity index is 1.98. The normalized spacial score (nSPS) is 18.3. The third-order valence-electron chi connectivity index (χ3n) is 2.40. The zero-order chi connectivity index (χ0) is 9.68. The van der Waals surface area contributed by atoms with Crippen molar-refractivity contribution < 1.29 is 4.79 Å². The lowest BCUT2D eigenvalue weighted by molar-refractivity contribution is -0.121. The van der Waals surface area contributed by atoms with Gasteiger partial charge in [-0.15, -0.1) is 0 Å². The molecule has 0 bridgehead atoms. The number of nitrogens with two attached hydrogens (primary N) is 1. The van der Waals surface area contributed by atoms with Crippen LogP contribution in [0.15, 0.2) is 0 Å². The second-order valence-corrected chi connectivity index (χ2v) is 3.56. The predicted octanol–water partition coefficient (Wildman–Crippen LogP) is -0.597. The summed E-state index contributed by atoms with van der Waals surface area (Å²) in [6, 6.07) is 0. The van der Waals surface area contributed by atoms with E-state index in [9.17, 15) is 4.79 Å². The molecule has 0 atom stereocenters. The second kappa shape index (κ2) is 5.19. The van der Waals surface area contributed by atoms with E-state index >= 15 is 0 Å². The van der Waals surface area contributed by atoms with Gasteiger partial charge in [0.25, 0.3) is 0 Å². The molecule has 4 nitrogen and oxygen atoms in total. The van der Waals surface area contributed by atoms with E-state index in [-0.39, 0.29) is 5.91 Å². The minimum atomic E-state index is 0.152. The number of nitrogens with one attached hydrogen (secondary N) is 1. The zero-order valence-corrected chi connectivity index (χ0v) is 8.25. The Labute approximate surface area is 79.5 Å². The second-order valence-electron chi connectivity index (χ2n) is 3.56. The molecule has 1 rings (SSSR count). The first-order valence-electron chi connectivity index (χ1n) is 4.95. The Morgan fingerprint density at radius 2 is 2.31 bits per heavy atom. The first-order chi connectivity index (χ1) is 6.26. The van der Waals surface area contributed by atoms with Gasteiger partial charge in [-0.2, -0.15) is 0 Å². The predicted molar refractivity (Wildman–Crippen MR) is 52.3 cm³/mol. The van der Waals surface area contributed by atoms with E-state index in [1.165, 1.54) is 0 Å². The first kappa shape index (κ1) is 10.5. The molecule has 1 aliphatic rings. The largest absolute Gasteiger partial charge is 0.356 e. The minimum absolute atomic E-state index is 0.152. The van der Waals surface area contributed by atoms with Crippen LogP contribution in [0.2, 0.25) is 0 Å². The topological polar surface area (TPSA) is 58.4 Å². The third kappa shape index (κ3) is 3.32. The maximum absolute atomic E-state index is 11.1. The Kier molecular flexibility index (Phi) is 4.18. The highest BCUT2D eigenvalue weighted by molar-refractivity contribution is 5.75. The van der Waals surface area contributed by atoms with E-state index in [1.54, 1.807) is 0 Å². The van der Waals surface area contributed by atoms with E-state index in [0.29, 0.717) is 12.3 Å². The average Bonchev–Trinajstić information content (AvgIpc) is 2.02. The van der Waals surface area contributed by atoms with Gasteiger partial charge in [-0.3, -0.25) is 4.79 Å². The zero-order valence-electron chi connectivity index (χ0n) is 8.25. The van der Waals surface area contributed by atoms with Crippen molar-refractivity contribution in [1.29, 1.82) is 0 Å². The molecule has 4 heteroatoms. The van der Waals surface area contributed by atoms with Crippen molar-refractivity contribution >= 4 is 5.91 Å². The molecule has 1 fully saturated rings. The van der Waals surface area contributed by atoms with E-state index in [2.05, 4.69) is 10.2 Å². The molecular formula is C9H19N3O. The Morgan fingerprint density at radius 3 is 2.85 bits per heavy atom. The molecule has 76 valence electrons. The van der Waals surface area contributed by atoms with Crippen LogP contribution >= 0.6 is 0 Å². The number of hydrogen-bond acceptors (Lipinski definition) is 3. The number of amides is 1. The SMILES string of the molecule is CCNC(=O)CCN1CC(CN)C1. The van der Waals surface area contributed by atoms with Gasteiger partial charge in [-0.05, 0) is 19.4 Å². The van der Waals surface area contributed by atoms with Gasteiger partial charge in [0.1, 0.15) is 0 Å². The molecule has 0 spiro atoms. The molecule has 1 amide bonds. The summed E-state index contributed by atoms with van der Waals surface area (Å²) in [6.45, 7) is 6.45. The van der Waals surface area contributed by atoms with Gasteiger partial charge in [0, 0.05) is 32.6 Å². The van der Waals surface area contributed by atoms with Crippen LogP contribution in [0, 0.1) is 5.92 Å². The molecule has 0 aromatic carbocycles. The smallest absolute Gasteiger partial charge is 0.221 e. The van der Waals surface area contributed by atoms with Crippen molar-refractivity contribution in [3.63, 3.8) is 0 Å². The van der Waals surface area contributed by atoms with E-state index in [4.69, 9.17) is 5.73 Å². The minimum Gasteiger partial charge on any atom is -0.356 e. The van der Waals surface area contributed by atoms with Crippen molar-refractivity contribution in [2.24, 2.45) is 11.7 Å². The fourth-order valence-corrected chi connectivity index (χ4v) is 1.55. The van der Waals surface area contributed by atoms with Crippen molar-refractivity contribution in [3.8, 4) is 0 Å². The quantitative estimate of drug-likeness (QED) is 0.601. The van der Waals surface area contributed by atoms with Crippen LogP contribution in [0.25, 0.3) is 0 Å². The molecule has 13 heavy (non-hydrogen) atoms. The van der Waals surface area contributed by atoms with Crippen molar-refractivity contribution in [2.45, 2.75) is 13.3 Å². The third-order valence-corrected chi connectivity index (χ3v) is 2.40. The van der Waals surface area contributed by atoms with E-state index in [0.717, 1.165) is 32.7 Å². The summed E-state index contributed by atoms with van der Waals surface area (Å²) >= 11 is 0. The summed E-state index contributed by atoms with van der Waals surface area (Å²) in [7, 11) is 0. The first-order valence-corrected chi connectivity index (χ1v) is 4.95. The highest BCUT2D eigenvalue weighted by Gasteiger charge is 2.24. The number of nitrogens with zero attached hydrogens (tertiary/aromatic N) is 1. The molecular weight excluding hydrogens is 166 g/mol. The van der Waals surface area contributed by atoms with Crippen LogP contribution in [0.1, 0.15) is 13.3 Å². The summed E-state index contributed by atoms with van der Waals surface area (Å²) in [6.07, 6.45) is 0.616. The summed E-state index contributed by atoms with van der Waals surface area (Å²) < 4.78 is 0. The van der Waals surface area contributed by atoms with Crippen LogP contribution in [0.5, 0.6) is 0 Å². The van der Waals surface area contributed by atoms with E-state index < -0.39 is 0 Å². The van der Waals surface area contributed by atoms with Crippen LogP contribution < -0.4 is 11.1 Å². The Hall–Kier alpha value is -0.610. The van der Waals surface area contributed by atoms with Crippen molar-refractivity contribution in [1.82, 2.24) is 10.2 Å². The molecule has 0 aromatic rings. The molecule has 1 heterocycles. The summed E-state index contributed by atoms with van der Waals surface area (Å²) in [5, 5.41) is 2.78. The maximum Gasteiger partial charge on any atom is 0.221 e. The number of likely N-dealkylation sites (tertiary alicyclic amines) is 1. The molecule has 3 N–H and O–H groups in total. The van der Waals surface area contributed by atoms with Gasteiger partial charge in [-0.1, -0.05) is 0 Å². The van der Waals surface area contributed by atoms with Crippen molar-refractivity contribution in [2.75, 3.05) is 32.7 Å². The number of carbonyl (C=O) groups is 1. The summed E-state index contributed by atoms with van der Waals surface area (Å²) in [5.41, 5.74) is 5.49. The summed E-state index contributed by atoms with van der Waals surface area (Å²) in [5.74, 6) is 0.813. The highest BCUT2D eigenvalue weighted by atomic mass is 16.1. The number of hydrogen-bond donors (Lipinski definition) is 2. The molecule has 0 aliphatic carbocycles. The molecule has 0 aromatic heterocycles. The highest BCUT2D eigenvalue weighted by Crippen LogP contribution is 2.13. The molecule has 0 saturated carbocycles. The maximum atomic E-state index is 11.1. The molecule has 1 saturated heterocycles. The lowest BCUT2D eigenvalue weighted by Crippen LogP contribution is -2.50. The van der Waals surface area contributed by atoms with Crippen LogP contribution in [0.4, 0.5) is 0 Å². The van der Waals surface area contributed by atoms with Crippen molar-refractivity contribution in [3.05, 3.63) is 0 Å². The van der Waals surface area contributed by atoms with E-state index in [1.807, 2.05) is 6.92 Å². The fraction of sp³-hybridized carbons (Fsp3) is 0.889. The van der Waals surface area contributed by atoms with Gasteiger partial charge in [0.2, 0.25) is 5.91 Å².